The van der Waals surface area contributed by atoms with Gasteiger partial charge in [-0.2, -0.15) is 12.6 Å². The smallest absolute Gasteiger partial charge is 0.325 e. The number of para-hydroxylation sites is 1. The van der Waals surface area contributed by atoms with E-state index in [9.17, 15) is 24.3 Å². The van der Waals surface area contributed by atoms with E-state index in [4.69, 9.17) is 5.73 Å². The summed E-state index contributed by atoms with van der Waals surface area (Å²) < 4.78 is 0. The number of fused-ring (bicyclic) bond motifs is 1. The number of rotatable bonds is 12. The Morgan fingerprint density at radius 3 is 2.35 bits per heavy atom. The summed E-state index contributed by atoms with van der Waals surface area (Å²) in [4.78, 5) is 52.9. The predicted molar refractivity (Wildman–Crippen MR) is 132 cm³/mol. The third kappa shape index (κ3) is 6.97. The van der Waals surface area contributed by atoms with Crippen molar-refractivity contribution in [3.8, 4) is 0 Å². The molecular formula is C23H33N5O5S. The summed E-state index contributed by atoms with van der Waals surface area (Å²) in [5.41, 5.74) is 7.38. The average molecular weight is 492 g/mol. The number of nitrogens with two attached hydrogens (primary N) is 1. The van der Waals surface area contributed by atoms with Gasteiger partial charge in [-0.3, -0.25) is 19.2 Å². The number of nitrogens with one attached hydrogen (secondary N) is 4. The van der Waals surface area contributed by atoms with Crippen LogP contribution in [0.25, 0.3) is 10.9 Å². The molecular weight excluding hydrogens is 458 g/mol. The van der Waals surface area contributed by atoms with Gasteiger partial charge >= 0.3 is 5.97 Å². The van der Waals surface area contributed by atoms with Gasteiger partial charge in [-0.15, -0.1) is 0 Å². The van der Waals surface area contributed by atoms with Gasteiger partial charge in [0.15, 0.2) is 0 Å². The largest absolute Gasteiger partial charge is 0.480 e. The van der Waals surface area contributed by atoms with Crippen molar-refractivity contribution in [1.29, 1.82) is 0 Å². The van der Waals surface area contributed by atoms with Crippen LogP contribution in [0.2, 0.25) is 0 Å². The van der Waals surface area contributed by atoms with E-state index in [0.717, 1.165) is 16.5 Å². The molecule has 0 saturated heterocycles. The van der Waals surface area contributed by atoms with Gasteiger partial charge in [-0.25, -0.2) is 0 Å². The molecule has 0 bridgehead atoms. The van der Waals surface area contributed by atoms with Crippen LogP contribution in [-0.2, 0) is 25.6 Å². The predicted octanol–water partition coefficient (Wildman–Crippen LogP) is 0.573. The molecule has 0 aliphatic carbocycles. The lowest BCUT2D eigenvalue weighted by molar-refractivity contribution is -0.141. The van der Waals surface area contributed by atoms with E-state index < -0.39 is 47.9 Å². The number of aromatic nitrogens is 1. The van der Waals surface area contributed by atoms with E-state index >= 15 is 0 Å². The highest BCUT2D eigenvalue weighted by molar-refractivity contribution is 7.80. The SMILES string of the molecule is CCC(C)C(NC(=O)C(N)CS)C(=O)NC(Cc1c[nH]c2ccccc12)C(=O)NC(C)C(=O)O. The van der Waals surface area contributed by atoms with Gasteiger partial charge in [-0.05, 0) is 24.5 Å². The highest BCUT2D eigenvalue weighted by Crippen LogP contribution is 2.19. The fourth-order valence-corrected chi connectivity index (χ4v) is 3.58. The molecule has 3 amide bonds. The highest BCUT2D eigenvalue weighted by atomic mass is 32.1. The normalized spacial score (nSPS) is 15.6. The van der Waals surface area contributed by atoms with Crippen LogP contribution in [0.4, 0.5) is 0 Å². The van der Waals surface area contributed by atoms with E-state index in [1.54, 1.807) is 13.1 Å². The summed E-state index contributed by atoms with van der Waals surface area (Å²) in [5.74, 6) is -3.06. The molecule has 5 unspecified atom stereocenters. The zero-order valence-electron chi connectivity index (χ0n) is 19.5. The van der Waals surface area contributed by atoms with Gasteiger partial charge in [0.25, 0.3) is 0 Å². The van der Waals surface area contributed by atoms with Gasteiger partial charge < -0.3 is 31.8 Å². The molecule has 0 aliphatic heterocycles. The Morgan fingerprint density at radius 2 is 1.74 bits per heavy atom. The summed E-state index contributed by atoms with van der Waals surface area (Å²) in [6.45, 7) is 5.02. The first-order valence-corrected chi connectivity index (χ1v) is 11.8. The van der Waals surface area contributed by atoms with Crippen LogP contribution in [0.3, 0.4) is 0 Å². The van der Waals surface area contributed by atoms with E-state index in [1.165, 1.54) is 6.92 Å². The van der Waals surface area contributed by atoms with Crippen molar-refractivity contribution in [2.75, 3.05) is 5.75 Å². The minimum Gasteiger partial charge on any atom is -0.480 e. The Labute approximate surface area is 203 Å². The molecule has 11 heteroatoms. The second-order valence-electron chi connectivity index (χ2n) is 8.35. The second-order valence-corrected chi connectivity index (χ2v) is 8.72. The van der Waals surface area contributed by atoms with Crippen molar-refractivity contribution in [1.82, 2.24) is 20.9 Å². The lowest BCUT2D eigenvalue weighted by atomic mass is 9.96. The molecule has 1 aromatic carbocycles. The number of carbonyl (C=O) groups is 4. The Bertz CT molecular complexity index is 1030. The number of hydrogen-bond acceptors (Lipinski definition) is 6. The van der Waals surface area contributed by atoms with Crippen molar-refractivity contribution in [2.24, 2.45) is 11.7 Å². The highest BCUT2D eigenvalue weighted by Gasteiger charge is 2.32. The van der Waals surface area contributed by atoms with E-state index in [1.807, 2.05) is 31.2 Å². The molecule has 10 nitrogen and oxygen atoms in total. The van der Waals surface area contributed by atoms with E-state index in [-0.39, 0.29) is 18.1 Å². The van der Waals surface area contributed by atoms with Crippen LogP contribution >= 0.6 is 12.6 Å². The fraction of sp³-hybridized carbons (Fsp3) is 0.478. The Balaban J connectivity index is 2.30. The summed E-state index contributed by atoms with van der Waals surface area (Å²) in [5, 5.41) is 17.8. The molecule has 0 spiro atoms. The van der Waals surface area contributed by atoms with Crippen molar-refractivity contribution >= 4 is 47.2 Å². The first-order valence-electron chi connectivity index (χ1n) is 11.1. The van der Waals surface area contributed by atoms with Crippen LogP contribution < -0.4 is 21.7 Å². The van der Waals surface area contributed by atoms with Gasteiger partial charge in [-0.1, -0.05) is 38.5 Å². The number of benzene rings is 1. The minimum absolute atomic E-state index is 0.110. The number of hydrogen-bond donors (Lipinski definition) is 7. The molecule has 34 heavy (non-hydrogen) atoms. The van der Waals surface area contributed by atoms with E-state index in [2.05, 4.69) is 33.6 Å². The van der Waals surface area contributed by atoms with Crippen LogP contribution in [0.15, 0.2) is 30.5 Å². The molecule has 0 radical (unpaired) electrons. The molecule has 5 atom stereocenters. The number of amides is 3. The van der Waals surface area contributed by atoms with E-state index in [0.29, 0.717) is 6.42 Å². The summed E-state index contributed by atoms with van der Waals surface area (Å²) in [7, 11) is 0. The Hall–Kier alpha value is -3.05. The van der Waals surface area contributed by atoms with Crippen molar-refractivity contribution in [3.63, 3.8) is 0 Å². The molecule has 0 saturated carbocycles. The zero-order valence-corrected chi connectivity index (χ0v) is 20.4. The lowest BCUT2D eigenvalue weighted by Gasteiger charge is -2.27. The quantitative estimate of drug-likeness (QED) is 0.214. The van der Waals surface area contributed by atoms with Crippen molar-refractivity contribution < 1.29 is 24.3 Å². The Morgan fingerprint density at radius 1 is 1.06 bits per heavy atom. The van der Waals surface area contributed by atoms with Gasteiger partial charge in [0.1, 0.15) is 18.1 Å². The first kappa shape index (κ1) is 27.2. The summed E-state index contributed by atoms with van der Waals surface area (Å²) in [6, 6.07) is 3.47. The molecule has 2 aromatic rings. The van der Waals surface area contributed by atoms with Gasteiger partial charge in [0.2, 0.25) is 17.7 Å². The van der Waals surface area contributed by atoms with Crippen LogP contribution in [0.1, 0.15) is 32.8 Å². The number of carboxylic acid groups (broad SMARTS) is 1. The number of aliphatic carboxylic acids is 1. The molecule has 0 aliphatic rings. The molecule has 2 rings (SSSR count). The molecule has 1 heterocycles. The fourth-order valence-electron chi connectivity index (χ4n) is 3.41. The number of carboxylic acids is 1. The van der Waals surface area contributed by atoms with Crippen LogP contribution in [0.5, 0.6) is 0 Å². The summed E-state index contributed by atoms with van der Waals surface area (Å²) >= 11 is 4.02. The lowest BCUT2D eigenvalue weighted by Crippen LogP contribution is -2.59. The average Bonchev–Trinajstić information content (AvgIpc) is 3.23. The maximum Gasteiger partial charge on any atom is 0.325 e. The van der Waals surface area contributed by atoms with Crippen molar-refractivity contribution in [3.05, 3.63) is 36.0 Å². The second kappa shape index (κ2) is 12.4. The molecule has 186 valence electrons. The minimum atomic E-state index is -1.20. The monoisotopic (exact) mass is 491 g/mol. The van der Waals surface area contributed by atoms with Crippen LogP contribution in [0, 0.1) is 5.92 Å². The third-order valence-electron chi connectivity index (χ3n) is 5.79. The molecule has 1 aromatic heterocycles. The van der Waals surface area contributed by atoms with Gasteiger partial charge in [0, 0.05) is 29.3 Å². The Kier molecular flexibility index (Phi) is 9.94. The van der Waals surface area contributed by atoms with Gasteiger partial charge in [0.05, 0.1) is 6.04 Å². The summed E-state index contributed by atoms with van der Waals surface area (Å²) in [6.07, 6.45) is 2.45. The zero-order chi connectivity index (χ0) is 25.4. The number of carbonyl (C=O) groups excluding carboxylic acids is 3. The maximum atomic E-state index is 13.2. The third-order valence-corrected chi connectivity index (χ3v) is 6.18. The van der Waals surface area contributed by atoms with Crippen molar-refractivity contribution in [2.45, 2.75) is 57.8 Å². The molecule has 0 fully saturated rings. The topological polar surface area (TPSA) is 166 Å². The number of thiol groups is 1. The number of aromatic amines is 1. The molecule has 7 N–H and O–H groups in total. The number of H-pyrrole nitrogens is 1. The van der Waals surface area contributed by atoms with Crippen LogP contribution in [-0.4, -0.2) is 63.7 Å². The first-order chi connectivity index (χ1) is 16.1. The standard InChI is InChI=1S/C23H33N5O5S/c1-4-12(2)19(28-20(29)16(24)11-34)22(31)27-18(21(30)26-13(3)23(32)33)9-14-10-25-17-8-6-5-7-15(14)17/h5-8,10,12-13,16,18-19,25,34H,4,9,11,24H2,1-3H3,(H,26,30)(H,27,31)(H,28,29)(H,32,33). The maximum absolute atomic E-state index is 13.2.